The highest BCUT2D eigenvalue weighted by atomic mass is 16.1. The zero-order valence-electron chi connectivity index (χ0n) is 8.75. The van der Waals surface area contributed by atoms with E-state index in [4.69, 9.17) is 5.73 Å². The van der Waals surface area contributed by atoms with Crippen LogP contribution in [-0.4, -0.2) is 4.98 Å². The maximum Gasteiger partial charge on any atom is 0.252 e. The van der Waals surface area contributed by atoms with Gasteiger partial charge in [0.1, 0.15) is 0 Å². The topological polar surface area (TPSA) is 58.9 Å². The van der Waals surface area contributed by atoms with Crippen LogP contribution in [0.25, 0.3) is 0 Å². The van der Waals surface area contributed by atoms with Crippen molar-refractivity contribution in [2.45, 2.75) is 44.1 Å². The third kappa shape index (κ3) is 1.61. The van der Waals surface area contributed by atoms with E-state index in [-0.39, 0.29) is 5.56 Å². The van der Waals surface area contributed by atoms with Crippen molar-refractivity contribution in [1.29, 1.82) is 0 Å². The Hall–Kier alpha value is -1.09. The van der Waals surface area contributed by atoms with Gasteiger partial charge in [-0.05, 0) is 49.1 Å². The number of rotatable bonds is 3. The first kappa shape index (κ1) is 9.16. The van der Waals surface area contributed by atoms with Crippen LogP contribution >= 0.6 is 0 Å². The predicted octanol–water partition coefficient (Wildman–Crippen LogP) is 1.59. The Kier molecular flexibility index (Phi) is 1.96. The summed E-state index contributed by atoms with van der Waals surface area (Å²) in [5.41, 5.74) is 8.85. The Labute approximate surface area is 88.7 Å². The predicted molar refractivity (Wildman–Crippen MR) is 58.9 cm³/mol. The van der Waals surface area contributed by atoms with Gasteiger partial charge in [-0.3, -0.25) is 4.79 Å². The average Bonchev–Trinajstić information content (AvgIpc) is 3.07. The summed E-state index contributed by atoms with van der Waals surface area (Å²) >= 11 is 0. The van der Waals surface area contributed by atoms with Gasteiger partial charge in [-0.15, -0.1) is 0 Å². The second-order valence-corrected chi connectivity index (χ2v) is 4.74. The Balaban J connectivity index is 2.10. The van der Waals surface area contributed by atoms with Crippen molar-refractivity contribution < 1.29 is 0 Å². The van der Waals surface area contributed by atoms with Crippen molar-refractivity contribution >= 4 is 0 Å². The minimum atomic E-state index is 0.0452. The van der Waals surface area contributed by atoms with Crippen LogP contribution in [0.2, 0.25) is 0 Å². The van der Waals surface area contributed by atoms with Crippen molar-refractivity contribution in [1.82, 2.24) is 4.98 Å². The van der Waals surface area contributed by atoms with Crippen LogP contribution in [0.1, 0.15) is 54.3 Å². The highest BCUT2D eigenvalue weighted by Crippen LogP contribution is 2.44. The molecule has 0 aromatic carbocycles. The smallest absolute Gasteiger partial charge is 0.252 e. The van der Waals surface area contributed by atoms with Gasteiger partial charge in [-0.1, -0.05) is 0 Å². The molecule has 0 radical (unpaired) electrons. The van der Waals surface area contributed by atoms with Crippen molar-refractivity contribution in [3.63, 3.8) is 0 Å². The number of hydrogen-bond acceptors (Lipinski definition) is 2. The zero-order valence-corrected chi connectivity index (χ0v) is 8.75. The average molecular weight is 204 g/mol. The van der Waals surface area contributed by atoms with Crippen molar-refractivity contribution in [2.24, 2.45) is 5.73 Å². The molecule has 80 valence electrons. The van der Waals surface area contributed by atoms with E-state index in [0.29, 0.717) is 18.4 Å². The number of nitrogens with one attached hydrogen (secondary N) is 1. The lowest BCUT2D eigenvalue weighted by atomic mass is 10.0. The maximum absolute atomic E-state index is 11.8. The van der Waals surface area contributed by atoms with Gasteiger partial charge in [0.25, 0.3) is 5.56 Å². The van der Waals surface area contributed by atoms with Crippen LogP contribution in [0.15, 0.2) is 10.9 Å². The molecule has 2 aliphatic rings. The number of H-pyrrole nitrogens is 1. The summed E-state index contributed by atoms with van der Waals surface area (Å²) < 4.78 is 0. The molecule has 3 N–H and O–H groups in total. The number of nitrogens with two attached hydrogens (primary N) is 1. The fourth-order valence-corrected chi connectivity index (χ4v) is 2.21. The molecule has 2 saturated carbocycles. The standard InChI is InChI=1S/C12H16N2O/c13-6-10-9(7-1-2-7)5-11(8-3-4-8)14-12(10)15/h5,7-8H,1-4,6,13H2,(H,14,15). The summed E-state index contributed by atoms with van der Waals surface area (Å²) in [6, 6.07) is 2.19. The molecule has 1 aromatic heterocycles. The highest BCUT2D eigenvalue weighted by molar-refractivity contribution is 5.35. The third-order valence-corrected chi connectivity index (χ3v) is 3.43. The van der Waals surface area contributed by atoms with Crippen molar-refractivity contribution in [3.8, 4) is 0 Å². The van der Waals surface area contributed by atoms with Crippen LogP contribution in [0, 0.1) is 0 Å². The van der Waals surface area contributed by atoms with Crippen LogP contribution in [-0.2, 0) is 6.54 Å². The van der Waals surface area contributed by atoms with Crippen LogP contribution in [0.3, 0.4) is 0 Å². The first-order chi connectivity index (χ1) is 7.29. The second kappa shape index (κ2) is 3.20. The van der Waals surface area contributed by atoms with Gasteiger partial charge in [-0.25, -0.2) is 0 Å². The molecule has 0 saturated heterocycles. The van der Waals surface area contributed by atoms with Crippen LogP contribution < -0.4 is 11.3 Å². The third-order valence-electron chi connectivity index (χ3n) is 3.43. The van der Waals surface area contributed by atoms with Crippen LogP contribution in [0.4, 0.5) is 0 Å². The largest absolute Gasteiger partial charge is 0.326 e. The van der Waals surface area contributed by atoms with Gasteiger partial charge < -0.3 is 10.7 Å². The summed E-state index contributed by atoms with van der Waals surface area (Å²) in [7, 11) is 0. The quantitative estimate of drug-likeness (QED) is 0.785. The second-order valence-electron chi connectivity index (χ2n) is 4.74. The lowest BCUT2D eigenvalue weighted by molar-refractivity contribution is 0.905. The molecule has 0 unspecified atom stereocenters. The Morgan fingerprint density at radius 3 is 2.47 bits per heavy atom. The molecule has 0 bridgehead atoms. The van der Waals surface area contributed by atoms with E-state index in [1.807, 2.05) is 0 Å². The van der Waals surface area contributed by atoms with Gasteiger partial charge in [0.2, 0.25) is 0 Å². The molecule has 1 aromatic rings. The Morgan fingerprint density at radius 1 is 1.27 bits per heavy atom. The van der Waals surface area contributed by atoms with Gasteiger partial charge in [0.05, 0.1) is 0 Å². The lowest BCUT2D eigenvalue weighted by Crippen LogP contribution is -2.20. The van der Waals surface area contributed by atoms with Gasteiger partial charge in [-0.2, -0.15) is 0 Å². The molecular weight excluding hydrogens is 188 g/mol. The number of hydrogen-bond donors (Lipinski definition) is 2. The molecule has 3 heteroatoms. The van der Waals surface area contributed by atoms with E-state index < -0.39 is 0 Å². The van der Waals surface area contributed by atoms with E-state index in [1.165, 1.54) is 31.2 Å². The molecule has 3 rings (SSSR count). The van der Waals surface area contributed by atoms with E-state index in [9.17, 15) is 4.79 Å². The van der Waals surface area contributed by atoms with Gasteiger partial charge in [0, 0.05) is 17.8 Å². The first-order valence-electron chi connectivity index (χ1n) is 5.75. The van der Waals surface area contributed by atoms with E-state index >= 15 is 0 Å². The Morgan fingerprint density at radius 2 is 1.93 bits per heavy atom. The lowest BCUT2D eigenvalue weighted by Gasteiger charge is -2.08. The molecule has 3 nitrogen and oxygen atoms in total. The summed E-state index contributed by atoms with van der Waals surface area (Å²) in [6.07, 6.45) is 4.89. The Bertz CT molecular complexity index is 441. The van der Waals surface area contributed by atoms with Gasteiger partial charge >= 0.3 is 0 Å². The fourth-order valence-electron chi connectivity index (χ4n) is 2.21. The summed E-state index contributed by atoms with van der Waals surface area (Å²) in [5, 5.41) is 0. The molecule has 2 fully saturated rings. The summed E-state index contributed by atoms with van der Waals surface area (Å²) in [5.74, 6) is 1.23. The van der Waals surface area contributed by atoms with Crippen molar-refractivity contribution in [3.05, 3.63) is 33.2 Å². The highest BCUT2D eigenvalue weighted by Gasteiger charge is 2.30. The summed E-state index contributed by atoms with van der Waals surface area (Å²) in [6.45, 7) is 0.367. The van der Waals surface area contributed by atoms with Gasteiger partial charge in [0.15, 0.2) is 0 Å². The molecule has 2 aliphatic carbocycles. The van der Waals surface area contributed by atoms with E-state index in [0.717, 1.165) is 11.3 Å². The zero-order chi connectivity index (χ0) is 10.4. The number of aromatic nitrogens is 1. The SMILES string of the molecule is NCc1c(C2CC2)cc(C2CC2)[nH]c1=O. The van der Waals surface area contributed by atoms with Crippen molar-refractivity contribution in [2.75, 3.05) is 0 Å². The molecule has 1 heterocycles. The molecule has 0 atom stereocenters. The monoisotopic (exact) mass is 204 g/mol. The number of aromatic amines is 1. The molecule has 15 heavy (non-hydrogen) atoms. The fraction of sp³-hybridized carbons (Fsp3) is 0.583. The first-order valence-corrected chi connectivity index (χ1v) is 5.75. The minimum Gasteiger partial charge on any atom is -0.326 e. The maximum atomic E-state index is 11.8. The molecule has 0 aliphatic heterocycles. The summed E-state index contributed by atoms with van der Waals surface area (Å²) in [4.78, 5) is 14.8. The minimum absolute atomic E-state index is 0.0452. The van der Waals surface area contributed by atoms with Crippen LogP contribution in [0.5, 0.6) is 0 Å². The van der Waals surface area contributed by atoms with E-state index in [1.54, 1.807) is 0 Å². The molecular formula is C12H16N2O. The molecule has 0 amide bonds. The normalized spacial score (nSPS) is 20.6. The number of pyridine rings is 1. The molecule has 0 spiro atoms. The van der Waals surface area contributed by atoms with E-state index in [2.05, 4.69) is 11.1 Å².